The highest BCUT2D eigenvalue weighted by Gasteiger charge is 2.25. The second-order valence-electron chi connectivity index (χ2n) is 5.26. The molecule has 2 aliphatic carbocycles. The van der Waals surface area contributed by atoms with Gasteiger partial charge in [-0.15, -0.1) is 0 Å². The first-order valence-electron chi connectivity index (χ1n) is 7.16. The number of nitrogens with one attached hydrogen (secondary N) is 1. The summed E-state index contributed by atoms with van der Waals surface area (Å²) in [6.45, 7) is 3.19. The summed E-state index contributed by atoms with van der Waals surface area (Å²) < 4.78 is 0. The van der Waals surface area contributed by atoms with Crippen molar-refractivity contribution in [3.05, 3.63) is 0 Å². The fourth-order valence-corrected chi connectivity index (χ4v) is 3.20. The fourth-order valence-electron chi connectivity index (χ4n) is 3.20. The zero-order chi connectivity index (χ0) is 12.1. The van der Waals surface area contributed by atoms with Gasteiger partial charge in [0.25, 0.3) is 0 Å². The van der Waals surface area contributed by atoms with Crippen LogP contribution in [0.5, 0.6) is 0 Å². The highest BCUT2D eigenvalue weighted by atomic mass is 15.4. The molecule has 0 aromatic heterocycles. The van der Waals surface area contributed by atoms with Crippen LogP contribution in [0.15, 0.2) is 4.99 Å². The van der Waals surface area contributed by atoms with Crippen molar-refractivity contribution >= 4 is 5.96 Å². The van der Waals surface area contributed by atoms with Crippen LogP contribution in [0.3, 0.4) is 0 Å². The predicted molar refractivity (Wildman–Crippen MR) is 71.7 cm³/mol. The number of hydrogen-bond donors (Lipinski definition) is 2. The van der Waals surface area contributed by atoms with E-state index in [0.717, 1.165) is 12.5 Å². The van der Waals surface area contributed by atoms with Gasteiger partial charge in [-0.1, -0.05) is 25.7 Å². The highest BCUT2D eigenvalue weighted by Crippen LogP contribution is 2.25. The first kappa shape index (κ1) is 12.7. The molecule has 0 aromatic carbocycles. The number of hydrazine groups is 1. The van der Waals surface area contributed by atoms with Gasteiger partial charge in [0.1, 0.15) is 0 Å². The van der Waals surface area contributed by atoms with Crippen LogP contribution in [0.4, 0.5) is 0 Å². The molecule has 0 atom stereocenters. The molecule has 0 unspecified atom stereocenters. The van der Waals surface area contributed by atoms with Crippen LogP contribution in [0.2, 0.25) is 0 Å². The van der Waals surface area contributed by atoms with Gasteiger partial charge in [0.2, 0.25) is 5.96 Å². The summed E-state index contributed by atoms with van der Waals surface area (Å²) in [5.41, 5.74) is 2.83. The van der Waals surface area contributed by atoms with Crippen molar-refractivity contribution in [1.82, 2.24) is 10.3 Å². The van der Waals surface area contributed by atoms with E-state index in [1.165, 1.54) is 51.4 Å². The van der Waals surface area contributed by atoms with Gasteiger partial charge in [0.15, 0.2) is 0 Å². The minimum atomic E-state index is 0.497. The average molecular weight is 238 g/mol. The van der Waals surface area contributed by atoms with Crippen LogP contribution in [0.1, 0.15) is 58.3 Å². The normalized spacial score (nSPS) is 23.3. The number of hydrogen-bond acceptors (Lipinski definition) is 2. The van der Waals surface area contributed by atoms with Crippen molar-refractivity contribution in [2.24, 2.45) is 10.8 Å². The predicted octanol–water partition coefficient (Wildman–Crippen LogP) is 2.01. The van der Waals surface area contributed by atoms with Crippen molar-refractivity contribution in [1.29, 1.82) is 0 Å². The van der Waals surface area contributed by atoms with Gasteiger partial charge >= 0.3 is 0 Å². The Morgan fingerprint density at radius 2 is 1.76 bits per heavy atom. The van der Waals surface area contributed by atoms with E-state index >= 15 is 0 Å². The summed E-state index contributed by atoms with van der Waals surface area (Å²) in [6.07, 6.45) is 10.4. The Morgan fingerprint density at radius 3 is 2.29 bits per heavy atom. The number of nitrogens with zero attached hydrogens (tertiary/aromatic N) is 2. The molecule has 2 aliphatic rings. The number of guanidine groups is 1. The lowest BCUT2D eigenvalue weighted by molar-refractivity contribution is 0.316. The van der Waals surface area contributed by atoms with Crippen molar-refractivity contribution < 1.29 is 0 Å². The second kappa shape index (κ2) is 6.24. The summed E-state index contributed by atoms with van der Waals surface area (Å²) in [5, 5.41) is 0. The van der Waals surface area contributed by atoms with Crippen LogP contribution < -0.4 is 11.3 Å². The van der Waals surface area contributed by atoms with Gasteiger partial charge in [-0.2, -0.15) is 0 Å². The first-order valence-corrected chi connectivity index (χ1v) is 7.16. The zero-order valence-electron chi connectivity index (χ0n) is 11.0. The Balaban J connectivity index is 2.02. The maximum atomic E-state index is 5.67. The number of rotatable bonds is 3. The van der Waals surface area contributed by atoms with Gasteiger partial charge < -0.3 is 4.90 Å². The molecule has 4 nitrogen and oxygen atoms in total. The molecule has 0 heterocycles. The molecule has 0 saturated heterocycles. The SMILES string of the molecule is CCN(C(=NC1CCCC1)NN)C1CCCC1. The Bertz CT molecular complexity index is 252. The maximum Gasteiger partial charge on any atom is 0.208 e. The van der Waals surface area contributed by atoms with E-state index in [2.05, 4.69) is 17.2 Å². The third-order valence-electron chi connectivity index (χ3n) is 4.14. The van der Waals surface area contributed by atoms with Gasteiger partial charge in [0.05, 0.1) is 6.04 Å². The summed E-state index contributed by atoms with van der Waals surface area (Å²) in [5.74, 6) is 6.60. The van der Waals surface area contributed by atoms with Crippen molar-refractivity contribution in [2.75, 3.05) is 6.54 Å². The van der Waals surface area contributed by atoms with Crippen LogP contribution in [-0.4, -0.2) is 29.5 Å². The van der Waals surface area contributed by atoms with Gasteiger partial charge in [-0.25, -0.2) is 10.8 Å². The van der Waals surface area contributed by atoms with Gasteiger partial charge in [-0.05, 0) is 32.6 Å². The molecule has 0 spiro atoms. The Morgan fingerprint density at radius 1 is 1.18 bits per heavy atom. The van der Waals surface area contributed by atoms with Crippen molar-refractivity contribution in [3.8, 4) is 0 Å². The standard InChI is InChI=1S/C13H26N4/c1-2-17(12-9-5-6-10-12)13(16-14)15-11-7-3-4-8-11/h11-12H,2-10,14H2,1H3,(H,15,16). The molecule has 2 rings (SSSR count). The minimum Gasteiger partial charge on any atom is -0.339 e. The number of aliphatic imine (C=N–C) groups is 1. The van der Waals surface area contributed by atoms with Gasteiger partial charge in [0, 0.05) is 12.6 Å². The highest BCUT2D eigenvalue weighted by molar-refractivity contribution is 5.80. The molecule has 4 heteroatoms. The molecular formula is C13H26N4. The average Bonchev–Trinajstić information content (AvgIpc) is 3.00. The van der Waals surface area contributed by atoms with E-state index in [-0.39, 0.29) is 0 Å². The molecule has 17 heavy (non-hydrogen) atoms. The molecule has 3 N–H and O–H groups in total. The number of nitrogens with two attached hydrogens (primary N) is 1. The van der Waals surface area contributed by atoms with Crippen LogP contribution in [0, 0.1) is 0 Å². The third-order valence-corrected chi connectivity index (χ3v) is 4.14. The first-order chi connectivity index (χ1) is 8.35. The van der Waals surface area contributed by atoms with Crippen LogP contribution in [-0.2, 0) is 0 Å². The molecule has 2 fully saturated rings. The lowest BCUT2D eigenvalue weighted by Crippen LogP contribution is -2.49. The molecule has 0 amide bonds. The lowest BCUT2D eigenvalue weighted by atomic mass is 10.2. The smallest absolute Gasteiger partial charge is 0.208 e. The van der Waals surface area contributed by atoms with E-state index in [1.54, 1.807) is 0 Å². The summed E-state index contributed by atoms with van der Waals surface area (Å²) in [4.78, 5) is 7.18. The second-order valence-corrected chi connectivity index (χ2v) is 5.26. The lowest BCUT2D eigenvalue weighted by Gasteiger charge is -2.30. The third kappa shape index (κ3) is 3.12. The Kier molecular flexibility index (Phi) is 4.66. The molecule has 98 valence electrons. The molecule has 0 aromatic rings. The van der Waals surface area contributed by atoms with E-state index in [0.29, 0.717) is 12.1 Å². The fraction of sp³-hybridized carbons (Fsp3) is 0.923. The quantitative estimate of drug-likeness (QED) is 0.342. The Labute approximate surface area is 105 Å². The van der Waals surface area contributed by atoms with E-state index in [9.17, 15) is 0 Å². The van der Waals surface area contributed by atoms with E-state index in [4.69, 9.17) is 10.8 Å². The van der Waals surface area contributed by atoms with Crippen molar-refractivity contribution in [3.63, 3.8) is 0 Å². The molecular weight excluding hydrogens is 212 g/mol. The maximum absolute atomic E-state index is 5.67. The monoisotopic (exact) mass is 238 g/mol. The molecule has 2 saturated carbocycles. The van der Waals surface area contributed by atoms with Crippen molar-refractivity contribution in [2.45, 2.75) is 70.4 Å². The summed E-state index contributed by atoms with van der Waals surface area (Å²) in [7, 11) is 0. The zero-order valence-corrected chi connectivity index (χ0v) is 11.0. The van der Waals surface area contributed by atoms with E-state index in [1.807, 2.05) is 0 Å². The van der Waals surface area contributed by atoms with Gasteiger partial charge in [-0.3, -0.25) is 5.43 Å². The topological polar surface area (TPSA) is 53.6 Å². The molecule has 0 radical (unpaired) electrons. The molecule has 0 bridgehead atoms. The molecule has 0 aliphatic heterocycles. The minimum absolute atomic E-state index is 0.497. The van der Waals surface area contributed by atoms with Crippen LogP contribution in [0.25, 0.3) is 0 Å². The van der Waals surface area contributed by atoms with Crippen LogP contribution >= 0.6 is 0 Å². The largest absolute Gasteiger partial charge is 0.339 e. The summed E-state index contributed by atoms with van der Waals surface area (Å²) >= 11 is 0. The summed E-state index contributed by atoms with van der Waals surface area (Å²) in [6, 6.07) is 1.15. The Hall–Kier alpha value is -0.770. The van der Waals surface area contributed by atoms with E-state index < -0.39 is 0 Å².